The van der Waals surface area contributed by atoms with Gasteiger partial charge < -0.3 is 9.47 Å². The smallest absolute Gasteiger partial charge is 0.343 e. The molecule has 8 nitrogen and oxygen atoms in total. The van der Waals surface area contributed by atoms with Gasteiger partial charge in [0.05, 0.1) is 23.9 Å². The summed E-state index contributed by atoms with van der Waals surface area (Å²) in [7, 11) is 1.21. The minimum Gasteiger partial charge on any atom is -0.475 e. The van der Waals surface area contributed by atoms with Gasteiger partial charge in [0.1, 0.15) is 0 Å². The zero-order chi connectivity index (χ0) is 17.4. The van der Waals surface area contributed by atoms with Gasteiger partial charge in [-0.1, -0.05) is 18.2 Å². The fraction of sp³-hybridized carbons (Fsp3) is 0.125. The molecule has 2 aromatic carbocycles. The van der Waals surface area contributed by atoms with Crippen molar-refractivity contribution >= 4 is 23.6 Å². The molecule has 0 saturated heterocycles. The molecule has 2 aromatic rings. The second-order valence-electron chi connectivity index (χ2n) is 4.59. The standard InChI is InChI=1S/C16H15N3O5/c1-23-16(20)11-24-15-8-7-12(9-14(15)19(21)22)10-17-18-13-5-3-2-4-6-13/h2-10,18H,11H2,1H3. The third-order valence-electron chi connectivity index (χ3n) is 2.93. The summed E-state index contributed by atoms with van der Waals surface area (Å²) >= 11 is 0. The number of methoxy groups -OCH3 is 1. The van der Waals surface area contributed by atoms with E-state index in [1.807, 2.05) is 30.3 Å². The monoisotopic (exact) mass is 329 g/mol. The summed E-state index contributed by atoms with van der Waals surface area (Å²) in [6.45, 7) is -0.402. The molecule has 0 unspecified atom stereocenters. The van der Waals surface area contributed by atoms with Gasteiger partial charge in [-0.25, -0.2) is 4.79 Å². The number of nitrogens with one attached hydrogen (secondary N) is 1. The molecular formula is C16H15N3O5. The number of nitro groups is 1. The Labute approximate surface area is 137 Å². The fourth-order valence-corrected chi connectivity index (χ4v) is 1.77. The Morgan fingerprint density at radius 3 is 2.71 bits per heavy atom. The van der Waals surface area contributed by atoms with E-state index in [1.54, 1.807) is 6.07 Å². The number of para-hydroxylation sites is 1. The average molecular weight is 329 g/mol. The number of rotatable bonds is 7. The number of benzene rings is 2. The lowest BCUT2D eigenvalue weighted by Gasteiger charge is -2.06. The molecule has 0 spiro atoms. The summed E-state index contributed by atoms with van der Waals surface area (Å²) in [4.78, 5) is 21.6. The van der Waals surface area contributed by atoms with Crippen molar-refractivity contribution < 1.29 is 19.2 Å². The second-order valence-corrected chi connectivity index (χ2v) is 4.59. The number of esters is 1. The molecule has 0 atom stereocenters. The van der Waals surface area contributed by atoms with Crippen molar-refractivity contribution in [2.75, 3.05) is 19.1 Å². The molecule has 1 N–H and O–H groups in total. The zero-order valence-corrected chi connectivity index (χ0v) is 12.8. The Balaban J connectivity index is 2.10. The molecule has 24 heavy (non-hydrogen) atoms. The number of hydrogen-bond acceptors (Lipinski definition) is 7. The lowest BCUT2D eigenvalue weighted by molar-refractivity contribution is -0.385. The second kappa shape index (κ2) is 8.28. The van der Waals surface area contributed by atoms with Crippen molar-refractivity contribution in [1.29, 1.82) is 0 Å². The summed E-state index contributed by atoms with van der Waals surface area (Å²) < 4.78 is 9.53. The van der Waals surface area contributed by atoms with E-state index >= 15 is 0 Å². The van der Waals surface area contributed by atoms with E-state index in [1.165, 1.54) is 25.5 Å². The summed E-state index contributed by atoms with van der Waals surface area (Å²) in [5, 5.41) is 15.1. The fourth-order valence-electron chi connectivity index (χ4n) is 1.77. The average Bonchev–Trinajstić information content (AvgIpc) is 2.61. The van der Waals surface area contributed by atoms with E-state index in [9.17, 15) is 14.9 Å². The molecule has 0 aliphatic rings. The molecule has 0 heterocycles. The number of anilines is 1. The number of nitrogens with zero attached hydrogens (tertiary/aromatic N) is 2. The van der Waals surface area contributed by atoms with Gasteiger partial charge in [0.15, 0.2) is 12.4 Å². The zero-order valence-electron chi connectivity index (χ0n) is 12.8. The van der Waals surface area contributed by atoms with Gasteiger partial charge in [0.2, 0.25) is 0 Å². The molecule has 124 valence electrons. The van der Waals surface area contributed by atoms with Crippen molar-refractivity contribution in [3.8, 4) is 5.75 Å². The largest absolute Gasteiger partial charge is 0.475 e. The molecule has 0 aliphatic carbocycles. The third kappa shape index (κ3) is 4.80. The molecule has 8 heteroatoms. The molecule has 0 aromatic heterocycles. The van der Waals surface area contributed by atoms with Crippen molar-refractivity contribution in [2.24, 2.45) is 5.10 Å². The van der Waals surface area contributed by atoms with Crippen molar-refractivity contribution in [3.63, 3.8) is 0 Å². The van der Waals surface area contributed by atoms with Crippen molar-refractivity contribution in [3.05, 3.63) is 64.2 Å². The van der Waals surface area contributed by atoms with Crippen LogP contribution in [-0.2, 0) is 9.53 Å². The Hall–Kier alpha value is -3.42. The number of hydrogen-bond donors (Lipinski definition) is 1. The summed E-state index contributed by atoms with van der Waals surface area (Å²) in [6.07, 6.45) is 1.45. The highest BCUT2D eigenvalue weighted by molar-refractivity contribution is 5.82. The molecule has 0 fully saturated rings. The quantitative estimate of drug-likeness (QED) is 0.362. The van der Waals surface area contributed by atoms with E-state index in [4.69, 9.17) is 4.74 Å². The number of hydrazone groups is 1. The third-order valence-corrected chi connectivity index (χ3v) is 2.93. The highest BCUT2D eigenvalue weighted by atomic mass is 16.6. The van der Waals surface area contributed by atoms with Crippen LogP contribution in [0.3, 0.4) is 0 Å². The Morgan fingerprint density at radius 1 is 1.29 bits per heavy atom. The van der Waals surface area contributed by atoms with E-state index in [0.29, 0.717) is 5.56 Å². The Kier molecular flexibility index (Phi) is 5.84. The van der Waals surface area contributed by atoms with Gasteiger partial charge in [-0.05, 0) is 24.3 Å². The number of carbonyl (C=O) groups excluding carboxylic acids is 1. The molecule has 0 radical (unpaired) electrons. The van der Waals surface area contributed by atoms with E-state index < -0.39 is 17.5 Å². The van der Waals surface area contributed by atoms with Gasteiger partial charge >= 0.3 is 11.7 Å². The molecule has 0 bridgehead atoms. The maximum Gasteiger partial charge on any atom is 0.343 e. The number of ether oxygens (including phenoxy) is 2. The molecular weight excluding hydrogens is 314 g/mol. The number of nitro benzene ring substituents is 1. The SMILES string of the molecule is COC(=O)COc1ccc(C=NNc2ccccc2)cc1[N+](=O)[O-]. The maximum absolute atomic E-state index is 11.1. The predicted octanol–water partition coefficient (Wildman–Crippen LogP) is 2.59. The van der Waals surface area contributed by atoms with E-state index in [-0.39, 0.29) is 11.4 Å². The Morgan fingerprint density at radius 2 is 2.04 bits per heavy atom. The predicted molar refractivity (Wildman–Crippen MR) is 88.3 cm³/mol. The lowest BCUT2D eigenvalue weighted by atomic mass is 10.2. The maximum atomic E-state index is 11.1. The van der Waals surface area contributed by atoms with Crippen LogP contribution < -0.4 is 10.2 Å². The van der Waals surface area contributed by atoms with Crippen LogP contribution in [-0.4, -0.2) is 30.8 Å². The molecule has 0 saturated carbocycles. The minimum atomic E-state index is -0.623. The first-order valence-electron chi connectivity index (χ1n) is 6.92. The molecule has 0 aliphatic heterocycles. The first kappa shape index (κ1) is 16.9. The van der Waals surface area contributed by atoms with Crippen LogP contribution in [0.5, 0.6) is 5.75 Å². The summed E-state index contributed by atoms with van der Waals surface area (Å²) in [6, 6.07) is 13.6. The van der Waals surface area contributed by atoms with Gasteiger partial charge in [0, 0.05) is 11.6 Å². The van der Waals surface area contributed by atoms with Gasteiger partial charge in [-0.3, -0.25) is 15.5 Å². The van der Waals surface area contributed by atoms with Gasteiger partial charge in [-0.15, -0.1) is 0 Å². The summed E-state index contributed by atoms with van der Waals surface area (Å²) in [5.74, 6) is -0.638. The van der Waals surface area contributed by atoms with Crippen LogP contribution in [0.15, 0.2) is 53.6 Å². The van der Waals surface area contributed by atoms with Crippen LogP contribution >= 0.6 is 0 Å². The normalized spacial score (nSPS) is 10.4. The molecule has 0 amide bonds. The van der Waals surface area contributed by atoms with Crippen LogP contribution in [0, 0.1) is 10.1 Å². The van der Waals surface area contributed by atoms with Gasteiger partial charge in [0.25, 0.3) is 0 Å². The highest BCUT2D eigenvalue weighted by Crippen LogP contribution is 2.27. The van der Waals surface area contributed by atoms with Crippen molar-refractivity contribution in [2.45, 2.75) is 0 Å². The first-order valence-corrected chi connectivity index (χ1v) is 6.92. The van der Waals surface area contributed by atoms with Crippen LogP contribution in [0.2, 0.25) is 0 Å². The lowest BCUT2D eigenvalue weighted by Crippen LogP contribution is -2.13. The van der Waals surface area contributed by atoms with Crippen LogP contribution in [0.4, 0.5) is 11.4 Å². The topological polar surface area (TPSA) is 103 Å². The Bertz CT molecular complexity index is 747. The van der Waals surface area contributed by atoms with Crippen molar-refractivity contribution in [1.82, 2.24) is 0 Å². The van der Waals surface area contributed by atoms with Gasteiger partial charge in [-0.2, -0.15) is 5.10 Å². The minimum absolute atomic E-state index is 0.0152. The number of carbonyl (C=O) groups is 1. The van der Waals surface area contributed by atoms with Crippen LogP contribution in [0.1, 0.15) is 5.56 Å². The van der Waals surface area contributed by atoms with Crippen LogP contribution in [0.25, 0.3) is 0 Å². The summed E-state index contributed by atoms with van der Waals surface area (Å²) in [5.41, 5.74) is 3.85. The van der Waals surface area contributed by atoms with E-state index in [0.717, 1.165) is 5.69 Å². The van der Waals surface area contributed by atoms with E-state index in [2.05, 4.69) is 15.3 Å². The molecule has 2 rings (SSSR count). The highest BCUT2D eigenvalue weighted by Gasteiger charge is 2.16. The first-order chi connectivity index (χ1) is 11.6.